The van der Waals surface area contributed by atoms with E-state index in [1.807, 2.05) is 0 Å². The fourth-order valence-electron chi connectivity index (χ4n) is 5.80. The fourth-order valence-corrected chi connectivity index (χ4v) is 25.3. The molecule has 1 saturated heterocycles. The third-order valence-corrected chi connectivity index (χ3v) is 37.1. The van der Waals surface area contributed by atoms with Crippen molar-refractivity contribution in [1.29, 1.82) is 0 Å². The van der Waals surface area contributed by atoms with Crippen molar-refractivity contribution in [3.05, 3.63) is 0 Å². The summed E-state index contributed by atoms with van der Waals surface area (Å²) in [6, 6.07) is 0. The molecule has 8 heteroatoms. The van der Waals surface area contributed by atoms with Crippen LogP contribution in [-0.4, -0.2) is 60.1 Å². The topological polar surface area (TPSA) is 71.1 Å². The first-order valence-electron chi connectivity index (χ1n) is 19.2. The Balaban J connectivity index is 1.78. The second-order valence-electron chi connectivity index (χ2n) is 13.1. The molecule has 6 nitrogen and oxygen atoms in total. The Labute approximate surface area is 293 Å². The van der Waals surface area contributed by atoms with Crippen LogP contribution in [0, 0.1) is 0 Å². The van der Waals surface area contributed by atoms with E-state index in [0.29, 0.717) is 12.8 Å². The van der Waals surface area contributed by atoms with Gasteiger partial charge in [0.05, 0.1) is 0 Å². The molecule has 0 saturated carbocycles. The van der Waals surface area contributed by atoms with Crippen LogP contribution in [0.5, 0.6) is 0 Å². The van der Waals surface area contributed by atoms with E-state index in [1.54, 1.807) is 0 Å². The second kappa shape index (κ2) is 33.6. The third kappa shape index (κ3) is 28.9. The molecule has 0 N–H and O–H groups in total. The second-order valence-corrected chi connectivity index (χ2v) is 34.0. The minimum absolute atomic E-state index is 0.198. The van der Waals surface area contributed by atoms with Gasteiger partial charge in [-0.05, 0) is 0 Å². The van der Waals surface area contributed by atoms with Gasteiger partial charge in [-0.2, -0.15) is 0 Å². The van der Waals surface area contributed by atoms with Gasteiger partial charge in [0.1, 0.15) is 0 Å². The molecule has 258 valence electrons. The van der Waals surface area contributed by atoms with E-state index in [9.17, 15) is 9.59 Å². The number of carbonyl (C=O) groups excluding carboxylic acids is 2. The monoisotopic (exact) mass is 1010 g/mol. The number of rotatable bonds is 34. The summed E-state index contributed by atoms with van der Waals surface area (Å²) < 4.78 is 22.1. The first-order valence-corrected chi connectivity index (χ1v) is 28.7. The fraction of sp³-hybridized carbons (Fsp3) is 0.944. The van der Waals surface area contributed by atoms with E-state index in [4.69, 9.17) is 6.65 Å². The van der Waals surface area contributed by atoms with Crippen molar-refractivity contribution in [2.45, 2.75) is 219 Å². The van der Waals surface area contributed by atoms with Gasteiger partial charge in [0.2, 0.25) is 0 Å². The SMILES string of the molecule is CCCCCCCCCCCCCCCCCC(=O)[O][Pb]1[O][Pb]([O]C(=O)CCCCCCCCCCCCCCCCC)[O]1. The van der Waals surface area contributed by atoms with Gasteiger partial charge >= 0.3 is 205 Å². The van der Waals surface area contributed by atoms with Crippen molar-refractivity contribution in [3.63, 3.8) is 0 Å². The van der Waals surface area contributed by atoms with Crippen molar-refractivity contribution in [1.82, 2.24) is 0 Å². The van der Waals surface area contributed by atoms with E-state index >= 15 is 0 Å². The van der Waals surface area contributed by atoms with Crippen LogP contribution in [0.25, 0.3) is 0 Å². The Bertz CT molecular complexity index is 592. The Morgan fingerprint density at radius 1 is 0.364 bits per heavy atom. The Hall–Kier alpha value is 0.704. The predicted molar refractivity (Wildman–Crippen MR) is 185 cm³/mol. The van der Waals surface area contributed by atoms with E-state index in [1.165, 1.54) is 167 Å². The summed E-state index contributed by atoms with van der Waals surface area (Å²) in [6.45, 7) is 4.55. The van der Waals surface area contributed by atoms with Crippen LogP contribution in [0.3, 0.4) is 0 Å². The zero-order valence-electron chi connectivity index (χ0n) is 29.1. The van der Waals surface area contributed by atoms with Gasteiger partial charge in [0, 0.05) is 0 Å². The van der Waals surface area contributed by atoms with Crippen LogP contribution in [0.2, 0.25) is 0 Å². The molecular weight excluding hydrogens is 943 g/mol. The molecule has 0 aliphatic carbocycles. The third-order valence-electron chi connectivity index (χ3n) is 8.70. The summed E-state index contributed by atoms with van der Waals surface area (Å²) in [5.41, 5.74) is 0. The van der Waals surface area contributed by atoms with Gasteiger partial charge in [-0.1, -0.05) is 90.9 Å². The van der Waals surface area contributed by atoms with Gasteiger partial charge in [-0.25, -0.2) is 0 Å². The van der Waals surface area contributed by atoms with E-state index in [2.05, 4.69) is 13.8 Å². The molecule has 0 aromatic carbocycles. The average molecular weight is 1010 g/mol. The molecule has 0 amide bonds. The standard InChI is InChI=1S/2C18H36O2.2O.2Pb/c2*1-2-3-4-5-6-7-8-9-10-11-12-13-14-15-16-17-18(19)20;;;;/h2*2-17H2,1H3,(H,19,20);;;;/q;;;;2*+1/p-2. The first-order chi connectivity index (χ1) is 21.7. The Morgan fingerprint density at radius 2 is 0.568 bits per heavy atom. The minimum atomic E-state index is -3.12. The molecule has 0 bridgehead atoms. The van der Waals surface area contributed by atoms with Crippen molar-refractivity contribution in [3.8, 4) is 0 Å². The Kier molecular flexibility index (Phi) is 32.6. The summed E-state index contributed by atoms with van der Waals surface area (Å²) in [5.74, 6) is -0.396. The molecule has 2 radical (unpaired) electrons. The van der Waals surface area contributed by atoms with Gasteiger partial charge in [-0.15, -0.1) is 0 Å². The molecule has 1 heterocycles. The number of hydrogen-bond donors (Lipinski definition) is 0. The van der Waals surface area contributed by atoms with Crippen LogP contribution in [0.15, 0.2) is 0 Å². The summed E-state index contributed by atoms with van der Waals surface area (Å²) in [5, 5.41) is 0. The van der Waals surface area contributed by atoms with E-state index in [-0.39, 0.29) is 11.9 Å². The molecule has 1 aliphatic heterocycles. The number of hydrogen-bond acceptors (Lipinski definition) is 6. The molecule has 0 aromatic heterocycles. The van der Waals surface area contributed by atoms with Crippen LogP contribution >= 0.6 is 0 Å². The summed E-state index contributed by atoms with van der Waals surface area (Å²) in [7, 11) is 0. The molecule has 0 unspecified atom stereocenters. The summed E-state index contributed by atoms with van der Waals surface area (Å²) in [4.78, 5) is 24.1. The predicted octanol–water partition coefficient (Wildman–Crippen LogP) is 11.6. The van der Waals surface area contributed by atoms with E-state index in [0.717, 1.165) is 25.7 Å². The molecule has 1 aliphatic rings. The van der Waals surface area contributed by atoms with Crippen LogP contribution in [0.4, 0.5) is 0 Å². The molecule has 1 fully saturated rings. The van der Waals surface area contributed by atoms with Crippen molar-refractivity contribution in [2.75, 3.05) is 0 Å². The quantitative estimate of drug-likeness (QED) is 0.0472. The zero-order valence-corrected chi connectivity index (χ0v) is 36.9. The van der Waals surface area contributed by atoms with Gasteiger partial charge in [0.15, 0.2) is 0 Å². The van der Waals surface area contributed by atoms with Gasteiger partial charge < -0.3 is 0 Å². The molecule has 0 aromatic rings. The maximum atomic E-state index is 12.1. The van der Waals surface area contributed by atoms with E-state index < -0.39 is 48.1 Å². The van der Waals surface area contributed by atoms with Crippen molar-refractivity contribution >= 4 is 60.1 Å². The number of carbonyl (C=O) groups is 2. The molecular formula is C36H70O6Pb2. The maximum absolute atomic E-state index is 12.1. The van der Waals surface area contributed by atoms with Gasteiger partial charge in [-0.3, -0.25) is 0 Å². The molecule has 44 heavy (non-hydrogen) atoms. The normalized spacial score (nSPS) is 13.7. The van der Waals surface area contributed by atoms with Crippen LogP contribution < -0.4 is 0 Å². The number of unbranched alkanes of at least 4 members (excludes halogenated alkanes) is 28. The molecule has 0 spiro atoms. The van der Waals surface area contributed by atoms with Gasteiger partial charge in [0.25, 0.3) is 0 Å². The average Bonchev–Trinajstić information content (AvgIpc) is 3.00. The van der Waals surface area contributed by atoms with Crippen molar-refractivity contribution < 1.29 is 16.2 Å². The summed E-state index contributed by atoms with van der Waals surface area (Å²) in [6.07, 6.45) is 40.1. The molecule has 0 atom stereocenters. The van der Waals surface area contributed by atoms with Crippen molar-refractivity contribution in [2.24, 2.45) is 0 Å². The summed E-state index contributed by atoms with van der Waals surface area (Å²) >= 11 is -6.24. The zero-order chi connectivity index (χ0) is 31.8. The molecule has 1 rings (SSSR count). The first kappa shape index (κ1) is 42.7. The van der Waals surface area contributed by atoms with Crippen LogP contribution in [0.1, 0.15) is 219 Å². The van der Waals surface area contributed by atoms with Crippen LogP contribution in [-0.2, 0) is 16.2 Å². The Morgan fingerprint density at radius 3 is 0.795 bits per heavy atom.